The van der Waals surface area contributed by atoms with Gasteiger partial charge in [-0.15, -0.1) is 0 Å². The van der Waals surface area contributed by atoms with Crippen LogP contribution in [0.15, 0.2) is 35.2 Å². The maximum Gasteiger partial charge on any atom is 0.256 e. The summed E-state index contributed by atoms with van der Waals surface area (Å²) in [7, 11) is -1.04. The van der Waals surface area contributed by atoms with E-state index in [9.17, 15) is 18.0 Å². The highest BCUT2D eigenvalue weighted by Gasteiger charge is 2.41. The molecule has 10 nitrogen and oxygen atoms in total. The summed E-state index contributed by atoms with van der Waals surface area (Å²) >= 11 is 6.16. The van der Waals surface area contributed by atoms with E-state index in [4.69, 9.17) is 25.8 Å². The monoisotopic (exact) mass is 523 g/mol. The van der Waals surface area contributed by atoms with Crippen LogP contribution in [0.4, 0.5) is 11.4 Å². The number of halogens is 1. The minimum absolute atomic E-state index is 0.0319. The van der Waals surface area contributed by atoms with E-state index in [0.717, 1.165) is 4.90 Å². The Morgan fingerprint density at radius 3 is 2.40 bits per heavy atom. The normalized spacial score (nSPS) is 19.2. The lowest BCUT2D eigenvalue weighted by Gasteiger charge is -2.27. The molecule has 2 aromatic rings. The van der Waals surface area contributed by atoms with Crippen molar-refractivity contribution in [2.24, 2.45) is 0 Å². The lowest BCUT2D eigenvalue weighted by Crippen LogP contribution is -2.40. The molecule has 0 aliphatic carbocycles. The summed E-state index contributed by atoms with van der Waals surface area (Å²) in [5.74, 6) is -0.421. The fraction of sp³-hybridized carbons (Fsp3) is 0.391. The van der Waals surface area contributed by atoms with Crippen molar-refractivity contribution in [1.29, 1.82) is 0 Å². The molecule has 2 saturated heterocycles. The largest absolute Gasteiger partial charge is 0.495 e. The van der Waals surface area contributed by atoms with E-state index in [1.807, 2.05) is 0 Å². The topological polar surface area (TPSA) is 114 Å². The van der Waals surface area contributed by atoms with Gasteiger partial charge in [0.15, 0.2) is 0 Å². The van der Waals surface area contributed by atoms with Gasteiger partial charge in [0, 0.05) is 29.9 Å². The van der Waals surface area contributed by atoms with Crippen LogP contribution in [0.1, 0.15) is 12.0 Å². The van der Waals surface area contributed by atoms with Crippen LogP contribution in [0.5, 0.6) is 11.5 Å². The Morgan fingerprint density at radius 2 is 1.74 bits per heavy atom. The number of aryl methyl sites for hydroxylation is 1. The number of hydrogen-bond acceptors (Lipinski definition) is 8. The number of carbonyl (C=O) groups excluding carboxylic acids is 2. The zero-order chi connectivity index (χ0) is 25.3. The number of methoxy groups -OCH3 is 2. The van der Waals surface area contributed by atoms with Gasteiger partial charge in [-0.1, -0.05) is 11.6 Å². The van der Waals surface area contributed by atoms with Gasteiger partial charge >= 0.3 is 0 Å². The number of ether oxygens (including phenoxy) is 3. The lowest BCUT2D eigenvalue weighted by atomic mass is 10.2. The molecule has 0 saturated carbocycles. The van der Waals surface area contributed by atoms with Crippen molar-refractivity contribution in [3.05, 3.63) is 40.9 Å². The van der Waals surface area contributed by atoms with E-state index in [2.05, 4.69) is 5.32 Å². The molecule has 1 atom stereocenters. The molecule has 188 valence electrons. The Labute approximate surface area is 208 Å². The Bertz CT molecular complexity index is 1260. The molecule has 2 amide bonds. The number of nitrogens with one attached hydrogen (secondary N) is 1. The molecule has 2 aromatic carbocycles. The Hall–Kier alpha value is -2.86. The second kappa shape index (κ2) is 10.0. The Kier molecular flexibility index (Phi) is 7.22. The van der Waals surface area contributed by atoms with E-state index in [-0.39, 0.29) is 30.2 Å². The third-order valence-electron chi connectivity index (χ3n) is 5.94. The second-order valence-corrected chi connectivity index (χ2v) is 10.4. The average Bonchev–Trinajstić information content (AvgIpc) is 3.13. The molecule has 2 fully saturated rings. The first-order valence-corrected chi connectivity index (χ1v) is 12.7. The lowest BCUT2D eigenvalue weighted by molar-refractivity contribution is -0.121. The number of hydrogen-bond donors (Lipinski definition) is 1. The maximum absolute atomic E-state index is 13.2. The van der Waals surface area contributed by atoms with Gasteiger partial charge in [0.1, 0.15) is 22.4 Å². The number of benzene rings is 2. The molecular formula is C23H26ClN3O7S. The summed E-state index contributed by atoms with van der Waals surface area (Å²) in [6.07, 6.45) is -0.110. The minimum atomic E-state index is -3.86. The molecular weight excluding hydrogens is 498 g/mol. The van der Waals surface area contributed by atoms with Gasteiger partial charge in [-0.05, 0) is 36.8 Å². The van der Waals surface area contributed by atoms with Gasteiger partial charge in [-0.2, -0.15) is 4.31 Å². The summed E-state index contributed by atoms with van der Waals surface area (Å²) in [4.78, 5) is 27.1. The molecule has 2 aliphatic rings. The van der Waals surface area contributed by atoms with Gasteiger partial charge in [-0.3, -0.25) is 9.59 Å². The van der Waals surface area contributed by atoms with Crippen molar-refractivity contribution in [3.63, 3.8) is 0 Å². The number of nitrogens with zero attached hydrogens (tertiary/aromatic N) is 2. The van der Waals surface area contributed by atoms with Crippen molar-refractivity contribution in [1.82, 2.24) is 4.31 Å². The molecule has 35 heavy (non-hydrogen) atoms. The zero-order valence-corrected chi connectivity index (χ0v) is 21.1. The predicted octanol–water partition coefficient (Wildman–Crippen LogP) is 2.43. The molecule has 0 radical (unpaired) electrons. The first-order valence-electron chi connectivity index (χ1n) is 10.9. The smallest absolute Gasteiger partial charge is 0.256 e. The van der Waals surface area contributed by atoms with Crippen molar-refractivity contribution in [2.45, 2.75) is 24.3 Å². The van der Waals surface area contributed by atoms with E-state index in [1.165, 1.54) is 30.7 Å². The summed E-state index contributed by atoms with van der Waals surface area (Å²) < 4.78 is 43.7. The fourth-order valence-corrected chi connectivity index (χ4v) is 5.82. The number of amides is 2. The molecule has 12 heteroatoms. The van der Waals surface area contributed by atoms with Crippen LogP contribution >= 0.6 is 11.6 Å². The zero-order valence-electron chi connectivity index (χ0n) is 19.5. The van der Waals surface area contributed by atoms with Crippen LogP contribution in [0.2, 0.25) is 5.02 Å². The molecule has 0 bridgehead atoms. The predicted molar refractivity (Wildman–Crippen MR) is 130 cm³/mol. The molecule has 1 N–H and O–H groups in total. The number of morpholine rings is 1. The molecule has 0 aromatic heterocycles. The minimum Gasteiger partial charge on any atom is -0.495 e. The molecule has 4 rings (SSSR count). The number of imide groups is 1. The number of carbonyl (C=O) groups is 2. The first kappa shape index (κ1) is 25.2. The van der Waals surface area contributed by atoms with Crippen molar-refractivity contribution >= 4 is 44.8 Å². The van der Waals surface area contributed by atoms with Crippen LogP contribution in [-0.4, -0.2) is 71.1 Å². The Morgan fingerprint density at radius 1 is 1.06 bits per heavy atom. The van der Waals surface area contributed by atoms with Crippen molar-refractivity contribution in [2.75, 3.05) is 50.7 Å². The standard InChI is InChI=1S/C23H26ClN3O7S/c1-14-10-18(20(33-3)12-16(14)24)27-22(28)13-17(23(27)29)25-15-4-5-19(32-2)21(11-15)35(30,31)26-6-8-34-9-7-26/h4-5,10-12,17,25H,6-9,13H2,1-3H3/t17-/m1/s1. The summed E-state index contributed by atoms with van der Waals surface area (Å²) in [6, 6.07) is 6.82. The highest BCUT2D eigenvalue weighted by molar-refractivity contribution is 7.89. The highest BCUT2D eigenvalue weighted by atomic mass is 35.5. The number of sulfonamides is 1. The van der Waals surface area contributed by atoms with Crippen molar-refractivity contribution in [3.8, 4) is 11.5 Å². The van der Waals surface area contributed by atoms with Gasteiger partial charge in [0.2, 0.25) is 15.9 Å². The van der Waals surface area contributed by atoms with Crippen molar-refractivity contribution < 1.29 is 32.2 Å². The highest BCUT2D eigenvalue weighted by Crippen LogP contribution is 2.37. The maximum atomic E-state index is 13.2. The summed E-state index contributed by atoms with van der Waals surface area (Å²) in [5.41, 5.74) is 1.36. The average molecular weight is 524 g/mol. The third kappa shape index (κ3) is 4.81. The summed E-state index contributed by atoms with van der Waals surface area (Å²) in [5, 5.41) is 3.46. The van der Waals surface area contributed by atoms with E-state index in [1.54, 1.807) is 25.1 Å². The van der Waals surface area contributed by atoms with Gasteiger partial charge in [0.25, 0.3) is 5.91 Å². The molecule has 0 spiro atoms. The Balaban J connectivity index is 1.62. The van der Waals surface area contributed by atoms with Gasteiger partial charge < -0.3 is 19.5 Å². The molecule has 2 aliphatic heterocycles. The number of rotatable bonds is 7. The quantitative estimate of drug-likeness (QED) is 0.550. The van der Waals surface area contributed by atoms with Crippen LogP contribution in [0.3, 0.4) is 0 Å². The first-order chi connectivity index (χ1) is 16.7. The van der Waals surface area contributed by atoms with Crippen LogP contribution in [-0.2, 0) is 24.3 Å². The van der Waals surface area contributed by atoms with Crippen LogP contribution < -0.4 is 19.7 Å². The van der Waals surface area contributed by atoms with Crippen LogP contribution in [0.25, 0.3) is 0 Å². The summed E-state index contributed by atoms with van der Waals surface area (Å²) in [6.45, 7) is 2.84. The third-order valence-corrected chi connectivity index (χ3v) is 8.27. The molecule has 0 unspecified atom stereocenters. The fourth-order valence-electron chi connectivity index (χ4n) is 4.08. The SMILES string of the molecule is COc1cc(Cl)c(C)cc1N1C(=O)C[C@@H](Nc2ccc(OC)c(S(=O)(=O)N3CCOCC3)c2)C1=O. The van der Waals surface area contributed by atoms with E-state index >= 15 is 0 Å². The molecule has 2 heterocycles. The van der Waals surface area contributed by atoms with Crippen LogP contribution in [0, 0.1) is 6.92 Å². The number of anilines is 2. The second-order valence-electron chi connectivity index (χ2n) is 8.12. The van der Waals surface area contributed by atoms with E-state index < -0.39 is 27.9 Å². The van der Waals surface area contributed by atoms with Gasteiger partial charge in [-0.25, -0.2) is 13.3 Å². The van der Waals surface area contributed by atoms with Gasteiger partial charge in [0.05, 0.1) is 39.5 Å². The van der Waals surface area contributed by atoms with E-state index in [0.29, 0.717) is 40.9 Å².